The summed E-state index contributed by atoms with van der Waals surface area (Å²) >= 11 is 0. The van der Waals surface area contributed by atoms with Gasteiger partial charge in [0.2, 0.25) is 0 Å². The Hall–Kier alpha value is -1.00. The van der Waals surface area contributed by atoms with Crippen LogP contribution in [0.3, 0.4) is 0 Å². The number of nitrogens with one attached hydrogen (secondary N) is 1. The van der Waals surface area contributed by atoms with Crippen LogP contribution in [0.25, 0.3) is 6.08 Å². The van der Waals surface area contributed by atoms with Gasteiger partial charge in [-0.3, -0.25) is 0 Å². The molecule has 1 heterocycles. The zero-order valence-corrected chi connectivity index (χ0v) is 8.77. The van der Waals surface area contributed by atoms with Gasteiger partial charge >= 0.3 is 0 Å². The number of fused-ring (bicyclic) bond motifs is 1. The molecule has 0 fully saturated rings. The molecule has 1 N–H and O–H groups in total. The van der Waals surface area contributed by atoms with Gasteiger partial charge in [0.05, 0.1) is 4.90 Å². The van der Waals surface area contributed by atoms with E-state index in [-0.39, 0.29) is 4.90 Å². The molecule has 0 aliphatic carbocycles. The smallest absolute Gasteiger partial charge is 0.261 e. The third-order valence-corrected chi connectivity index (χ3v) is 3.42. The van der Waals surface area contributed by atoms with Gasteiger partial charge in [0.25, 0.3) is 9.05 Å². The third-order valence-electron chi connectivity index (χ3n) is 2.07. The summed E-state index contributed by atoms with van der Waals surface area (Å²) < 4.78 is 22.1. The van der Waals surface area contributed by atoms with Crippen LogP contribution in [0, 0.1) is 0 Å². The highest BCUT2D eigenvalue weighted by Gasteiger charge is 2.12. The monoisotopic (exact) mass is 229 g/mol. The molecule has 1 aromatic carbocycles. The standard InChI is InChI=1S/C9H8ClNO2S/c10-14(12,13)9-2-1-7-3-4-11-6-8(7)5-9/h1-5,11H,6H2. The lowest BCUT2D eigenvalue weighted by molar-refractivity contribution is 0.609. The fraction of sp³-hybridized carbons (Fsp3) is 0.111. The summed E-state index contributed by atoms with van der Waals surface area (Å²) in [7, 11) is 1.62. The van der Waals surface area contributed by atoms with Crippen molar-refractivity contribution >= 4 is 25.8 Å². The Bertz CT molecular complexity index is 494. The topological polar surface area (TPSA) is 46.2 Å². The molecule has 0 amide bonds. The molecule has 1 aliphatic heterocycles. The van der Waals surface area contributed by atoms with Crippen LogP contribution in [0.15, 0.2) is 29.3 Å². The van der Waals surface area contributed by atoms with Crippen molar-refractivity contribution in [2.75, 3.05) is 0 Å². The summed E-state index contributed by atoms with van der Waals surface area (Å²) in [5, 5.41) is 3.00. The lowest BCUT2D eigenvalue weighted by Gasteiger charge is -2.12. The second-order valence-electron chi connectivity index (χ2n) is 3.01. The number of hydrogen-bond acceptors (Lipinski definition) is 3. The Morgan fingerprint density at radius 1 is 1.36 bits per heavy atom. The Morgan fingerprint density at radius 2 is 2.14 bits per heavy atom. The van der Waals surface area contributed by atoms with E-state index in [1.54, 1.807) is 12.1 Å². The fourth-order valence-corrected chi connectivity index (χ4v) is 2.17. The maximum Gasteiger partial charge on any atom is 0.261 e. The van der Waals surface area contributed by atoms with Crippen molar-refractivity contribution in [3.05, 3.63) is 35.5 Å². The highest BCUT2D eigenvalue weighted by molar-refractivity contribution is 8.13. The molecule has 0 spiro atoms. The highest BCUT2D eigenvalue weighted by atomic mass is 35.7. The molecule has 1 aromatic rings. The molecule has 0 radical (unpaired) electrons. The maximum absolute atomic E-state index is 11.0. The average molecular weight is 230 g/mol. The van der Waals surface area contributed by atoms with E-state index in [1.807, 2.05) is 12.3 Å². The molecule has 2 rings (SSSR count). The summed E-state index contributed by atoms with van der Waals surface area (Å²) in [5.41, 5.74) is 1.96. The van der Waals surface area contributed by atoms with Crippen molar-refractivity contribution in [3.63, 3.8) is 0 Å². The first-order chi connectivity index (χ1) is 6.57. The molecule has 0 aromatic heterocycles. The fourth-order valence-electron chi connectivity index (χ4n) is 1.37. The van der Waals surface area contributed by atoms with E-state index in [4.69, 9.17) is 10.7 Å². The van der Waals surface area contributed by atoms with Crippen molar-refractivity contribution in [2.24, 2.45) is 0 Å². The molecule has 0 saturated carbocycles. The van der Waals surface area contributed by atoms with E-state index in [2.05, 4.69) is 5.32 Å². The molecular weight excluding hydrogens is 222 g/mol. The van der Waals surface area contributed by atoms with Gasteiger partial charge in [-0.25, -0.2) is 8.42 Å². The third kappa shape index (κ3) is 1.76. The minimum absolute atomic E-state index is 0.148. The van der Waals surface area contributed by atoms with Crippen molar-refractivity contribution in [2.45, 2.75) is 11.4 Å². The molecule has 0 saturated heterocycles. The Labute approximate surface area is 86.8 Å². The molecule has 3 nitrogen and oxygen atoms in total. The van der Waals surface area contributed by atoms with Crippen molar-refractivity contribution in [1.82, 2.24) is 5.32 Å². The zero-order valence-electron chi connectivity index (χ0n) is 7.20. The van der Waals surface area contributed by atoms with Crippen LogP contribution in [0.1, 0.15) is 11.1 Å². The Morgan fingerprint density at radius 3 is 2.86 bits per heavy atom. The second kappa shape index (κ2) is 3.29. The van der Waals surface area contributed by atoms with Gasteiger partial charge < -0.3 is 5.32 Å². The minimum atomic E-state index is -3.62. The summed E-state index contributed by atoms with van der Waals surface area (Å²) in [6.45, 7) is 0.631. The largest absolute Gasteiger partial charge is 0.387 e. The highest BCUT2D eigenvalue weighted by Crippen LogP contribution is 2.21. The SMILES string of the molecule is O=S(=O)(Cl)c1ccc2c(c1)CNC=C2. The Balaban J connectivity index is 2.55. The first kappa shape index (κ1) is 9.55. The van der Waals surface area contributed by atoms with Crippen LogP contribution in [0.4, 0.5) is 0 Å². The molecule has 1 aliphatic rings. The Kier molecular flexibility index (Phi) is 2.25. The number of hydrogen-bond donors (Lipinski definition) is 1. The average Bonchev–Trinajstić information content (AvgIpc) is 2.16. The molecule has 0 unspecified atom stereocenters. The normalized spacial score (nSPS) is 14.6. The first-order valence-corrected chi connectivity index (χ1v) is 6.36. The molecular formula is C9H8ClNO2S. The minimum Gasteiger partial charge on any atom is -0.387 e. The molecule has 5 heteroatoms. The lowest BCUT2D eigenvalue weighted by Crippen LogP contribution is -2.10. The first-order valence-electron chi connectivity index (χ1n) is 4.05. The zero-order chi connectivity index (χ0) is 10.2. The van der Waals surface area contributed by atoms with Crippen molar-refractivity contribution in [3.8, 4) is 0 Å². The summed E-state index contributed by atoms with van der Waals surface area (Å²) in [5.74, 6) is 0. The quantitative estimate of drug-likeness (QED) is 0.746. The van der Waals surface area contributed by atoms with Crippen LogP contribution in [0.2, 0.25) is 0 Å². The van der Waals surface area contributed by atoms with Crippen LogP contribution >= 0.6 is 10.7 Å². The van der Waals surface area contributed by atoms with E-state index in [9.17, 15) is 8.42 Å². The van der Waals surface area contributed by atoms with Gasteiger partial charge in [-0.2, -0.15) is 0 Å². The molecule has 14 heavy (non-hydrogen) atoms. The van der Waals surface area contributed by atoms with Crippen LogP contribution < -0.4 is 5.32 Å². The maximum atomic E-state index is 11.0. The van der Waals surface area contributed by atoms with Gasteiger partial charge in [-0.05, 0) is 35.5 Å². The van der Waals surface area contributed by atoms with E-state index in [0.29, 0.717) is 6.54 Å². The second-order valence-corrected chi connectivity index (χ2v) is 5.58. The molecule has 0 bridgehead atoms. The lowest BCUT2D eigenvalue weighted by atomic mass is 10.1. The number of rotatable bonds is 1. The van der Waals surface area contributed by atoms with E-state index >= 15 is 0 Å². The van der Waals surface area contributed by atoms with E-state index < -0.39 is 9.05 Å². The molecule has 0 atom stereocenters. The summed E-state index contributed by atoms with van der Waals surface area (Å²) in [6, 6.07) is 4.85. The van der Waals surface area contributed by atoms with E-state index in [0.717, 1.165) is 11.1 Å². The summed E-state index contributed by atoms with van der Waals surface area (Å²) in [6.07, 6.45) is 3.72. The van der Waals surface area contributed by atoms with Gasteiger partial charge in [0.15, 0.2) is 0 Å². The molecule has 74 valence electrons. The van der Waals surface area contributed by atoms with Crippen molar-refractivity contribution in [1.29, 1.82) is 0 Å². The van der Waals surface area contributed by atoms with Gasteiger partial charge in [-0.15, -0.1) is 0 Å². The van der Waals surface area contributed by atoms with Crippen LogP contribution in [0.5, 0.6) is 0 Å². The van der Waals surface area contributed by atoms with Gasteiger partial charge in [0.1, 0.15) is 0 Å². The number of halogens is 1. The van der Waals surface area contributed by atoms with Gasteiger partial charge in [0, 0.05) is 17.2 Å². The number of benzene rings is 1. The van der Waals surface area contributed by atoms with Crippen LogP contribution in [-0.4, -0.2) is 8.42 Å². The predicted molar refractivity (Wildman–Crippen MR) is 55.4 cm³/mol. The van der Waals surface area contributed by atoms with Crippen LogP contribution in [-0.2, 0) is 15.6 Å². The van der Waals surface area contributed by atoms with Crippen molar-refractivity contribution < 1.29 is 8.42 Å². The van der Waals surface area contributed by atoms with Gasteiger partial charge in [-0.1, -0.05) is 6.07 Å². The summed E-state index contributed by atoms with van der Waals surface area (Å²) in [4.78, 5) is 0.148. The van der Waals surface area contributed by atoms with E-state index in [1.165, 1.54) is 6.07 Å². The predicted octanol–water partition coefficient (Wildman–Crippen LogP) is 1.69.